The number of hydrogen-bond donors (Lipinski definition) is 0. The number of aryl methyl sites for hydroxylation is 2. The molecule has 2 aromatic heterocycles. The lowest BCUT2D eigenvalue weighted by Gasteiger charge is -1.98. The molecule has 0 radical (unpaired) electrons. The zero-order chi connectivity index (χ0) is 17.1. The molecule has 3 rings (SSSR count). The highest BCUT2D eigenvalue weighted by Gasteiger charge is 2.22. The first-order chi connectivity index (χ1) is 11.5. The lowest BCUT2D eigenvalue weighted by Crippen LogP contribution is -1.89. The maximum absolute atomic E-state index is 11.0. The quantitative estimate of drug-likeness (QED) is 0.473. The van der Waals surface area contributed by atoms with E-state index in [0.717, 1.165) is 9.99 Å². The summed E-state index contributed by atoms with van der Waals surface area (Å²) in [5, 5.41) is 15.3. The minimum absolute atomic E-state index is 0.0987. The lowest BCUT2D eigenvalue weighted by molar-refractivity contribution is -0.386. The Morgan fingerprint density at radius 2 is 1.88 bits per heavy atom. The molecule has 0 fully saturated rings. The summed E-state index contributed by atoms with van der Waals surface area (Å²) in [5.41, 5.74) is 1.31. The molecule has 0 N–H and O–H groups in total. The van der Waals surface area contributed by atoms with Crippen molar-refractivity contribution in [3.8, 4) is 0 Å². The molecule has 0 spiro atoms. The van der Waals surface area contributed by atoms with E-state index in [2.05, 4.69) is 5.16 Å². The molecule has 0 saturated carbocycles. The predicted octanol–water partition coefficient (Wildman–Crippen LogP) is 5.11. The van der Waals surface area contributed by atoms with Crippen molar-refractivity contribution in [2.75, 3.05) is 0 Å². The van der Waals surface area contributed by atoms with Crippen LogP contribution in [0.4, 0.5) is 5.69 Å². The minimum atomic E-state index is -0.508. The van der Waals surface area contributed by atoms with Gasteiger partial charge >= 0.3 is 5.69 Å². The van der Waals surface area contributed by atoms with Gasteiger partial charge in [0.05, 0.1) is 4.92 Å². The van der Waals surface area contributed by atoms with Gasteiger partial charge in [0, 0.05) is 4.90 Å². The van der Waals surface area contributed by atoms with Crippen molar-refractivity contribution in [3.05, 3.63) is 69.3 Å². The van der Waals surface area contributed by atoms with Gasteiger partial charge in [0.2, 0.25) is 5.76 Å². The van der Waals surface area contributed by atoms with E-state index in [9.17, 15) is 10.1 Å². The van der Waals surface area contributed by atoms with Crippen molar-refractivity contribution >= 4 is 29.6 Å². The van der Waals surface area contributed by atoms with Gasteiger partial charge in [-0.1, -0.05) is 34.6 Å². The van der Waals surface area contributed by atoms with E-state index in [4.69, 9.17) is 8.94 Å². The third-order valence-corrected chi connectivity index (χ3v) is 4.21. The number of nitro groups is 1. The van der Waals surface area contributed by atoms with E-state index in [1.165, 1.54) is 30.3 Å². The fourth-order valence-electron chi connectivity index (χ4n) is 2.07. The monoisotopic (exact) mass is 342 g/mol. The third-order valence-electron chi connectivity index (χ3n) is 3.28. The highest BCUT2D eigenvalue weighted by molar-refractivity contribution is 7.99. The molecule has 0 amide bonds. The molecule has 3 aromatic rings. The smallest absolute Gasteiger partial charge is 0.338 e. The fraction of sp³-hybridized carbons (Fsp3) is 0.118. The molecule has 2 heterocycles. The zero-order valence-corrected chi connectivity index (χ0v) is 13.9. The van der Waals surface area contributed by atoms with Crippen LogP contribution in [0, 0.1) is 24.0 Å². The van der Waals surface area contributed by atoms with Gasteiger partial charge in [-0.2, -0.15) is 0 Å². The summed E-state index contributed by atoms with van der Waals surface area (Å²) in [5.74, 6) is 0.676. The summed E-state index contributed by atoms with van der Waals surface area (Å²) < 4.78 is 10.7. The molecule has 0 atom stereocenters. The Labute approximate surface area is 142 Å². The molecular formula is C17H14N2O4S. The first-order valence-corrected chi connectivity index (χ1v) is 7.97. The molecule has 0 aliphatic carbocycles. The van der Waals surface area contributed by atoms with Crippen molar-refractivity contribution in [2.45, 2.75) is 23.8 Å². The molecular weight excluding hydrogens is 328 g/mol. The van der Waals surface area contributed by atoms with Crippen LogP contribution in [-0.2, 0) is 0 Å². The van der Waals surface area contributed by atoms with Crippen molar-refractivity contribution in [1.29, 1.82) is 0 Å². The summed E-state index contributed by atoms with van der Waals surface area (Å²) in [6.07, 6.45) is 3.10. The average Bonchev–Trinajstić information content (AvgIpc) is 3.14. The molecule has 6 nitrogen and oxygen atoms in total. The lowest BCUT2D eigenvalue weighted by atomic mass is 10.2. The third kappa shape index (κ3) is 3.57. The first kappa shape index (κ1) is 16.1. The van der Waals surface area contributed by atoms with Crippen LogP contribution in [0.15, 0.2) is 55.3 Å². The van der Waals surface area contributed by atoms with Crippen LogP contribution in [-0.4, -0.2) is 10.1 Å². The number of furan rings is 1. The maximum atomic E-state index is 11.0. The number of benzene rings is 1. The van der Waals surface area contributed by atoms with Gasteiger partial charge < -0.3 is 8.94 Å². The van der Waals surface area contributed by atoms with E-state index in [1.54, 1.807) is 12.1 Å². The van der Waals surface area contributed by atoms with Crippen LogP contribution < -0.4 is 0 Å². The highest BCUT2D eigenvalue weighted by Crippen LogP contribution is 2.30. The second-order valence-electron chi connectivity index (χ2n) is 5.14. The maximum Gasteiger partial charge on any atom is 0.338 e. The largest absolute Gasteiger partial charge is 0.450 e. The second kappa shape index (κ2) is 6.76. The Balaban J connectivity index is 1.74. The van der Waals surface area contributed by atoms with Crippen LogP contribution in [0.3, 0.4) is 0 Å². The van der Waals surface area contributed by atoms with Crippen molar-refractivity contribution in [3.63, 3.8) is 0 Å². The van der Waals surface area contributed by atoms with E-state index in [-0.39, 0.29) is 17.1 Å². The van der Waals surface area contributed by atoms with E-state index in [0.29, 0.717) is 5.76 Å². The molecule has 7 heteroatoms. The fourth-order valence-corrected chi connectivity index (χ4v) is 2.85. The van der Waals surface area contributed by atoms with Crippen molar-refractivity contribution < 1.29 is 13.9 Å². The van der Waals surface area contributed by atoms with Crippen molar-refractivity contribution in [1.82, 2.24) is 5.16 Å². The van der Waals surface area contributed by atoms with Crippen LogP contribution in [0.5, 0.6) is 0 Å². The first-order valence-electron chi connectivity index (χ1n) is 7.16. The standard InChI is InChI=1S/C17H14N2O4S/c1-11-3-7-14(8-4-11)24-16-10-6-13(22-16)5-9-15-17(19(20)21)12(2)18-23-15/h3-10H,1-2H3/b9-5+. The van der Waals surface area contributed by atoms with Gasteiger partial charge in [-0.15, -0.1) is 0 Å². The van der Waals surface area contributed by atoms with Gasteiger partial charge in [0.1, 0.15) is 5.76 Å². The molecule has 122 valence electrons. The Hall–Kier alpha value is -2.80. The van der Waals surface area contributed by atoms with Gasteiger partial charge in [-0.25, -0.2) is 0 Å². The SMILES string of the molecule is Cc1ccc(Sc2ccc(/C=C/c3onc(C)c3[N+](=O)[O-])o2)cc1. The molecule has 24 heavy (non-hydrogen) atoms. The Morgan fingerprint density at radius 3 is 2.58 bits per heavy atom. The second-order valence-corrected chi connectivity index (χ2v) is 6.22. The van der Waals surface area contributed by atoms with Crippen LogP contribution in [0.25, 0.3) is 12.2 Å². The van der Waals surface area contributed by atoms with Crippen LogP contribution in [0.1, 0.15) is 22.8 Å². The number of nitrogens with zero attached hydrogens (tertiary/aromatic N) is 2. The van der Waals surface area contributed by atoms with Gasteiger partial charge in [0.25, 0.3) is 0 Å². The van der Waals surface area contributed by atoms with Gasteiger partial charge in [0.15, 0.2) is 10.8 Å². The van der Waals surface area contributed by atoms with E-state index >= 15 is 0 Å². The summed E-state index contributed by atoms with van der Waals surface area (Å²) in [7, 11) is 0. The number of rotatable bonds is 5. The van der Waals surface area contributed by atoms with E-state index < -0.39 is 4.92 Å². The topological polar surface area (TPSA) is 82.3 Å². The molecule has 0 bridgehead atoms. The van der Waals surface area contributed by atoms with Gasteiger partial charge in [-0.05, 0) is 50.3 Å². The normalized spacial score (nSPS) is 11.2. The predicted molar refractivity (Wildman–Crippen MR) is 90.8 cm³/mol. The molecule has 0 saturated heterocycles. The molecule has 0 aliphatic rings. The number of aromatic nitrogens is 1. The minimum Gasteiger partial charge on any atom is -0.450 e. The van der Waals surface area contributed by atoms with Crippen LogP contribution >= 0.6 is 11.8 Å². The van der Waals surface area contributed by atoms with Crippen molar-refractivity contribution in [2.24, 2.45) is 0 Å². The summed E-state index contributed by atoms with van der Waals surface area (Å²) in [6, 6.07) is 11.8. The summed E-state index contributed by atoms with van der Waals surface area (Å²) in [6.45, 7) is 3.57. The Morgan fingerprint density at radius 1 is 1.12 bits per heavy atom. The average molecular weight is 342 g/mol. The highest BCUT2D eigenvalue weighted by atomic mass is 32.2. The molecule has 0 unspecified atom stereocenters. The van der Waals surface area contributed by atoms with Crippen LogP contribution in [0.2, 0.25) is 0 Å². The molecule has 0 aliphatic heterocycles. The zero-order valence-electron chi connectivity index (χ0n) is 13.1. The summed E-state index contributed by atoms with van der Waals surface area (Å²) in [4.78, 5) is 11.6. The Bertz CT molecular complexity index is 894. The molecule has 1 aromatic carbocycles. The summed E-state index contributed by atoms with van der Waals surface area (Å²) >= 11 is 1.51. The Kier molecular flexibility index (Phi) is 4.52. The van der Waals surface area contributed by atoms with Gasteiger partial charge in [-0.3, -0.25) is 10.1 Å². The van der Waals surface area contributed by atoms with E-state index in [1.807, 2.05) is 37.3 Å². The number of hydrogen-bond acceptors (Lipinski definition) is 6.